The second kappa shape index (κ2) is 6.04. The third-order valence-corrected chi connectivity index (χ3v) is 2.69. The number of ether oxygens (including phenoxy) is 3. The highest BCUT2D eigenvalue weighted by Gasteiger charge is 2.43. The lowest BCUT2D eigenvalue weighted by Gasteiger charge is -2.06. The number of carbonyl (C=O) groups is 1. The van der Waals surface area contributed by atoms with Crippen molar-refractivity contribution in [1.29, 1.82) is 0 Å². The van der Waals surface area contributed by atoms with Crippen molar-refractivity contribution in [2.24, 2.45) is 0 Å². The number of unbranched alkanes of at least 4 members (excludes halogenated alkanes) is 1. The topological polar surface area (TPSA) is 56.8 Å². The van der Waals surface area contributed by atoms with E-state index in [1.165, 1.54) is 18.2 Å². The van der Waals surface area contributed by atoms with Crippen LogP contribution < -0.4 is 14.8 Å². The molecular weight excluding hydrogens is 272 g/mol. The van der Waals surface area contributed by atoms with Gasteiger partial charge in [-0.15, -0.1) is 8.78 Å². The zero-order valence-electron chi connectivity index (χ0n) is 10.9. The summed E-state index contributed by atoms with van der Waals surface area (Å²) in [5, 5.41) is 2.62. The number of anilines is 1. The molecule has 0 aromatic heterocycles. The molecule has 0 saturated carbocycles. The molecule has 0 saturated heterocycles. The smallest absolute Gasteiger partial charge is 0.395 e. The molecule has 1 amide bonds. The van der Waals surface area contributed by atoms with Crippen LogP contribution in [0.15, 0.2) is 18.2 Å². The lowest BCUT2D eigenvalue weighted by Crippen LogP contribution is -2.25. The van der Waals surface area contributed by atoms with Gasteiger partial charge in [0.1, 0.15) is 0 Å². The standard InChI is InChI=1S/C13H15F2NO4/c1-18-7-3-2-4-12(17)16-9-5-6-10-11(8-9)20-13(14,15)19-10/h5-6,8H,2-4,7H2,1H3,(H,16,17). The molecule has 7 heteroatoms. The fourth-order valence-electron chi connectivity index (χ4n) is 1.78. The summed E-state index contributed by atoms with van der Waals surface area (Å²) in [7, 11) is 1.60. The van der Waals surface area contributed by atoms with Gasteiger partial charge in [0.05, 0.1) is 0 Å². The molecule has 20 heavy (non-hydrogen) atoms. The molecule has 0 fully saturated rings. The average molecular weight is 287 g/mol. The molecule has 1 aromatic rings. The summed E-state index contributed by atoms with van der Waals surface area (Å²) in [5.74, 6) is -0.327. The van der Waals surface area contributed by atoms with Gasteiger partial charge in [-0.05, 0) is 25.0 Å². The van der Waals surface area contributed by atoms with Gasteiger partial charge in [-0.25, -0.2) is 0 Å². The number of alkyl halides is 2. The average Bonchev–Trinajstić information content (AvgIpc) is 2.68. The number of hydrogen-bond acceptors (Lipinski definition) is 4. The quantitative estimate of drug-likeness (QED) is 0.817. The Labute approximate surface area is 114 Å². The summed E-state index contributed by atoms with van der Waals surface area (Å²) in [5.41, 5.74) is 0.391. The highest BCUT2D eigenvalue weighted by atomic mass is 19.3. The molecule has 0 radical (unpaired) electrons. The third kappa shape index (κ3) is 3.80. The van der Waals surface area contributed by atoms with Crippen molar-refractivity contribution in [2.45, 2.75) is 25.6 Å². The molecule has 2 rings (SSSR count). The van der Waals surface area contributed by atoms with Crippen molar-refractivity contribution < 1.29 is 27.8 Å². The Morgan fingerprint density at radius 2 is 2.05 bits per heavy atom. The minimum atomic E-state index is -3.65. The summed E-state index contributed by atoms with van der Waals surface area (Å²) in [6, 6.07) is 4.12. The first-order chi connectivity index (χ1) is 9.50. The van der Waals surface area contributed by atoms with Crippen LogP contribution in [0, 0.1) is 0 Å². The zero-order chi connectivity index (χ0) is 14.6. The van der Waals surface area contributed by atoms with Crippen molar-refractivity contribution >= 4 is 11.6 Å². The molecule has 0 aliphatic carbocycles. The number of carbonyl (C=O) groups excluding carboxylic acids is 1. The van der Waals surface area contributed by atoms with Gasteiger partial charge in [-0.3, -0.25) is 4.79 Å². The van der Waals surface area contributed by atoms with E-state index in [2.05, 4.69) is 14.8 Å². The third-order valence-electron chi connectivity index (χ3n) is 2.69. The number of halogens is 2. The van der Waals surface area contributed by atoms with Gasteiger partial charge in [0, 0.05) is 31.9 Å². The summed E-state index contributed by atoms with van der Waals surface area (Å²) in [6.45, 7) is 0.604. The van der Waals surface area contributed by atoms with Gasteiger partial charge < -0.3 is 19.5 Å². The van der Waals surface area contributed by atoms with E-state index in [1.807, 2.05) is 0 Å². The van der Waals surface area contributed by atoms with Crippen LogP contribution in [-0.4, -0.2) is 25.9 Å². The van der Waals surface area contributed by atoms with E-state index in [4.69, 9.17) is 4.74 Å². The minimum Gasteiger partial charge on any atom is -0.395 e. The molecule has 5 nitrogen and oxygen atoms in total. The zero-order valence-corrected chi connectivity index (χ0v) is 10.9. The Hall–Kier alpha value is -1.89. The highest BCUT2D eigenvalue weighted by Crippen LogP contribution is 2.42. The van der Waals surface area contributed by atoms with Crippen LogP contribution in [0.25, 0.3) is 0 Å². The maximum atomic E-state index is 12.8. The number of rotatable bonds is 6. The first kappa shape index (κ1) is 14.5. The van der Waals surface area contributed by atoms with E-state index in [9.17, 15) is 13.6 Å². The maximum absolute atomic E-state index is 12.8. The Morgan fingerprint density at radius 3 is 2.80 bits per heavy atom. The molecule has 0 bridgehead atoms. The van der Waals surface area contributed by atoms with E-state index in [-0.39, 0.29) is 17.4 Å². The largest absolute Gasteiger partial charge is 0.586 e. The number of amides is 1. The Bertz CT molecular complexity index is 493. The van der Waals surface area contributed by atoms with Crippen molar-refractivity contribution in [3.05, 3.63) is 18.2 Å². The molecule has 1 aliphatic rings. The first-order valence-electron chi connectivity index (χ1n) is 6.19. The molecular formula is C13H15F2NO4. The highest BCUT2D eigenvalue weighted by molar-refractivity contribution is 5.91. The Morgan fingerprint density at radius 1 is 1.30 bits per heavy atom. The normalized spacial score (nSPS) is 15.2. The molecule has 1 aliphatic heterocycles. The number of methoxy groups -OCH3 is 1. The predicted octanol–water partition coefficient (Wildman–Crippen LogP) is 2.76. The summed E-state index contributed by atoms with van der Waals surface area (Å²) in [6.07, 6.45) is -1.82. The van der Waals surface area contributed by atoms with Gasteiger partial charge in [-0.1, -0.05) is 0 Å². The van der Waals surface area contributed by atoms with Gasteiger partial charge in [0.25, 0.3) is 0 Å². The second-order valence-electron chi connectivity index (χ2n) is 4.33. The van der Waals surface area contributed by atoms with Crippen LogP contribution in [0.3, 0.4) is 0 Å². The van der Waals surface area contributed by atoms with E-state index >= 15 is 0 Å². The molecule has 1 heterocycles. The molecule has 0 atom stereocenters. The van der Waals surface area contributed by atoms with Gasteiger partial charge in [-0.2, -0.15) is 0 Å². The maximum Gasteiger partial charge on any atom is 0.586 e. The summed E-state index contributed by atoms with van der Waals surface area (Å²) < 4.78 is 39.1. The molecule has 1 N–H and O–H groups in total. The summed E-state index contributed by atoms with van der Waals surface area (Å²) in [4.78, 5) is 11.6. The SMILES string of the molecule is COCCCCC(=O)Nc1ccc2c(c1)OC(F)(F)O2. The Kier molecular flexibility index (Phi) is 4.39. The Balaban J connectivity index is 1.87. The first-order valence-corrected chi connectivity index (χ1v) is 6.19. The lowest BCUT2D eigenvalue weighted by atomic mass is 10.2. The van der Waals surface area contributed by atoms with Crippen LogP contribution in [0.2, 0.25) is 0 Å². The predicted molar refractivity (Wildman–Crippen MR) is 67.0 cm³/mol. The lowest BCUT2D eigenvalue weighted by molar-refractivity contribution is -0.286. The molecule has 0 unspecified atom stereocenters. The molecule has 0 spiro atoms. The van der Waals surface area contributed by atoms with Crippen LogP contribution in [0.4, 0.5) is 14.5 Å². The van der Waals surface area contributed by atoms with Crippen LogP contribution in [-0.2, 0) is 9.53 Å². The van der Waals surface area contributed by atoms with Crippen molar-refractivity contribution in [3.8, 4) is 11.5 Å². The van der Waals surface area contributed by atoms with E-state index < -0.39 is 6.29 Å². The summed E-state index contributed by atoms with van der Waals surface area (Å²) >= 11 is 0. The van der Waals surface area contributed by atoms with Gasteiger partial charge >= 0.3 is 6.29 Å². The van der Waals surface area contributed by atoms with Crippen molar-refractivity contribution in [1.82, 2.24) is 0 Å². The van der Waals surface area contributed by atoms with E-state index in [0.29, 0.717) is 25.1 Å². The molecule has 110 valence electrons. The number of hydrogen-bond donors (Lipinski definition) is 1. The van der Waals surface area contributed by atoms with Crippen molar-refractivity contribution in [2.75, 3.05) is 19.0 Å². The van der Waals surface area contributed by atoms with Crippen molar-refractivity contribution in [3.63, 3.8) is 0 Å². The van der Waals surface area contributed by atoms with E-state index in [0.717, 1.165) is 6.42 Å². The van der Waals surface area contributed by atoms with Crippen LogP contribution in [0.1, 0.15) is 19.3 Å². The number of benzene rings is 1. The second-order valence-corrected chi connectivity index (χ2v) is 4.33. The monoisotopic (exact) mass is 287 g/mol. The van der Waals surface area contributed by atoms with Gasteiger partial charge in [0.2, 0.25) is 5.91 Å². The fourth-order valence-corrected chi connectivity index (χ4v) is 1.78. The minimum absolute atomic E-state index is 0.0481. The van der Waals surface area contributed by atoms with Crippen LogP contribution in [0.5, 0.6) is 11.5 Å². The number of fused-ring (bicyclic) bond motifs is 1. The number of nitrogens with one attached hydrogen (secondary N) is 1. The molecule has 1 aromatic carbocycles. The van der Waals surface area contributed by atoms with Crippen LogP contribution >= 0.6 is 0 Å². The van der Waals surface area contributed by atoms with Gasteiger partial charge in [0.15, 0.2) is 11.5 Å². The van der Waals surface area contributed by atoms with E-state index in [1.54, 1.807) is 7.11 Å². The fraction of sp³-hybridized carbons (Fsp3) is 0.462.